The van der Waals surface area contributed by atoms with Gasteiger partial charge in [-0.1, -0.05) is 6.07 Å². The quantitative estimate of drug-likeness (QED) is 0.775. The fourth-order valence-corrected chi connectivity index (χ4v) is 2.57. The maximum absolute atomic E-state index is 11.5. The summed E-state index contributed by atoms with van der Waals surface area (Å²) in [5.74, 6) is -0.365. The van der Waals surface area contributed by atoms with Crippen LogP contribution in [0.4, 0.5) is 0 Å². The molecule has 2 rings (SSSR count). The fourth-order valence-electron chi connectivity index (χ4n) is 1.90. The smallest absolute Gasteiger partial charge is 0.327 e. The molecule has 1 aliphatic rings. The van der Waals surface area contributed by atoms with Crippen LogP contribution in [0.3, 0.4) is 0 Å². The Hall–Kier alpha value is -1.40. The van der Waals surface area contributed by atoms with Crippen LogP contribution in [0, 0.1) is 0 Å². The van der Waals surface area contributed by atoms with E-state index in [-0.39, 0.29) is 10.9 Å². The van der Waals surface area contributed by atoms with Gasteiger partial charge in [0, 0.05) is 12.8 Å². The number of esters is 1. The normalized spacial score (nSPS) is 18.8. The highest BCUT2D eigenvalue weighted by Gasteiger charge is 2.29. The lowest BCUT2D eigenvalue weighted by Crippen LogP contribution is -2.22. The van der Waals surface area contributed by atoms with Crippen molar-refractivity contribution in [3.8, 4) is 0 Å². The van der Waals surface area contributed by atoms with Crippen molar-refractivity contribution in [3.63, 3.8) is 0 Å². The number of hydrogen-bond donors (Lipinski definition) is 1. The summed E-state index contributed by atoms with van der Waals surface area (Å²) in [5, 5.41) is 2.98. The molecule has 0 radical (unpaired) electrons. The first-order valence-electron chi connectivity index (χ1n) is 5.07. The van der Waals surface area contributed by atoms with Gasteiger partial charge < -0.3 is 4.74 Å². The van der Waals surface area contributed by atoms with Crippen LogP contribution in [0.5, 0.6) is 0 Å². The molecule has 1 atom stereocenters. The predicted octanol–water partition coefficient (Wildman–Crippen LogP) is 0.407. The summed E-state index contributed by atoms with van der Waals surface area (Å²) in [6, 6.07) is 4.27. The number of carbonyl (C=O) groups is 1. The number of fused-ring (bicyclic) bond motifs is 1. The summed E-state index contributed by atoms with van der Waals surface area (Å²) in [5.41, 5.74) is 1.60. The highest BCUT2D eigenvalue weighted by molar-refractivity contribution is 7.90. The van der Waals surface area contributed by atoms with Crippen LogP contribution in [0.15, 0.2) is 23.1 Å². The zero-order chi connectivity index (χ0) is 12.6. The van der Waals surface area contributed by atoms with Crippen LogP contribution < -0.4 is 5.32 Å². The second kappa shape index (κ2) is 4.12. The van der Waals surface area contributed by atoms with E-state index in [1.54, 1.807) is 12.1 Å². The van der Waals surface area contributed by atoms with Gasteiger partial charge in [-0.2, -0.15) is 0 Å². The van der Waals surface area contributed by atoms with Gasteiger partial charge in [0.15, 0.2) is 9.84 Å². The fraction of sp³-hybridized carbons (Fsp3) is 0.364. The van der Waals surface area contributed by atoms with Crippen molar-refractivity contribution >= 4 is 15.8 Å². The topological polar surface area (TPSA) is 72.5 Å². The van der Waals surface area contributed by atoms with Gasteiger partial charge >= 0.3 is 5.97 Å². The Morgan fingerprint density at radius 1 is 1.47 bits per heavy atom. The van der Waals surface area contributed by atoms with Crippen LogP contribution in [-0.4, -0.2) is 27.8 Å². The first kappa shape index (κ1) is 12.1. The van der Waals surface area contributed by atoms with Gasteiger partial charge in [0.1, 0.15) is 6.04 Å². The van der Waals surface area contributed by atoms with Gasteiger partial charge in [-0.3, -0.25) is 5.32 Å². The third-order valence-corrected chi connectivity index (χ3v) is 3.90. The van der Waals surface area contributed by atoms with Crippen LogP contribution in [0.2, 0.25) is 0 Å². The summed E-state index contributed by atoms with van der Waals surface area (Å²) >= 11 is 0. The van der Waals surface area contributed by atoms with E-state index in [1.807, 2.05) is 0 Å². The van der Waals surface area contributed by atoms with Crippen molar-refractivity contribution in [1.82, 2.24) is 5.32 Å². The summed E-state index contributed by atoms with van der Waals surface area (Å²) in [4.78, 5) is 11.7. The molecule has 5 nitrogen and oxygen atoms in total. The monoisotopic (exact) mass is 255 g/mol. The van der Waals surface area contributed by atoms with Crippen molar-refractivity contribution in [2.75, 3.05) is 13.4 Å². The molecule has 1 aromatic rings. The van der Waals surface area contributed by atoms with Gasteiger partial charge in [-0.15, -0.1) is 0 Å². The molecular formula is C11H13NO4S. The first-order valence-corrected chi connectivity index (χ1v) is 6.96. The number of benzene rings is 1. The average molecular weight is 255 g/mol. The summed E-state index contributed by atoms with van der Waals surface area (Å²) in [7, 11) is -1.89. The van der Waals surface area contributed by atoms with Gasteiger partial charge in [0.25, 0.3) is 0 Å². The number of rotatable bonds is 2. The zero-order valence-corrected chi connectivity index (χ0v) is 10.4. The minimum Gasteiger partial charge on any atom is -0.468 e. The number of nitrogens with one attached hydrogen (secondary N) is 1. The van der Waals surface area contributed by atoms with Crippen molar-refractivity contribution in [1.29, 1.82) is 0 Å². The maximum Gasteiger partial charge on any atom is 0.327 e. The molecule has 1 aliphatic heterocycles. The van der Waals surface area contributed by atoms with E-state index in [0.717, 1.165) is 17.4 Å². The predicted molar refractivity (Wildman–Crippen MR) is 61.1 cm³/mol. The molecule has 0 bridgehead atoms. The first-order chi connectivity index (χ1) is 7.93. The summed E-state index contributed by atoms with van der Waals surface area (Å²) in [6.07, 6.45) is 1.16. The molecule has 1 aromatic carbocycles. The molecule has 6 heteroatoms. The highest BCUT2D eigenvalue weighted by atomic mass is 32.2. The number of sulfone groups is 1. The van der Waals surface area contributed by atoms with Gasteiger partial charge in [0.2, 0.25) is 0 Å². The van der Waals surface area contributed by atoms with Crippen LogP contribution in [-0.2, 0) is 25.9 Å². The standard InChI is InChI=1S/C11H13NO4S/c1-16-11(13)10-9-4-3-8(17(2,14)15)5-7(9)6-12-10/h3-5,10,12H,6H2,1-2H3. The van der Waals surface area contributed by atoms with Gasteiger partial charge in [0.05, 0.1) is 12.0 Å². The Morgan fingerprint density at radius 3 is 2.76 bits per heavy atom. The molecule has 0 saturated carbocycles. The van der Waals surface area contributed by atoms with E-state index in [0.29, 0.717) is 6.54 Å². The van der Waals surface area contributed by atoms with Crippen molar-refractivity contribution in [2.24, 2.45) is 0 Å². The van der Waals surface area contributed by atoms with Crippen molar-refractivity contribution in [2.45, 2.75) is 17.5 Å². The SMILES string of the molecule is COC(=O)C1NCc2cc(S(C)(=O)=O)ccc21. The Bertz CT molecular complexity index is 565. The Morgan fingerprint density at radius 2 is 2.18 bits per heavy atom. The van der Waals surface area contributed by atoms with Crippen LogP contribution >= 0.6 is 0 Å². The zero-order valence-electron chi connectivity index (χ0n) is 9.56. The van der Waals surface area contributed by atoms with E-state index in [9.17, 15) is 13.2 Å². The third kappa shape index (κ3) is 2.18. The molecule has 0 amide bonds. The average Bonchev–Trinajstić information content (AvgIpc) is 2.69. The Balaban J connectivity index is 2.42. The molecule has 0 aromatic heterocycles. The Kier molecular flexibility index (Phi) is 2.92. The van der Waals surface area contributed by atoms with Crippen LogP contribution in [0.25, 0.3) is 0 Å². The maximum atomic E-state index is 11.5. The molecule has 92 valence electrons. The second-order valence-electron chi connectivity index (χ2n) is 3.97. The molecule has 1 N–H and O–H groups in total. The lowest BCUT2D eigenvalue weighted by atomic mass is 10.1. The molecule has 1 unspecified atom stereocenters. The molecule has 0 aliphatic carbocycles. The minimum absolute atomic E-state index is 0.267. The molecular weight excluding hydrogens is 242 g/mol. The molecule has 1 heterocycles. The second-order valence-corrected chi connectivity index (χ2v) is 5.99. The minimum atomic E-state index is -3.21. The van der Waals surface area contributed by atoms with E-state index < -0.39 is 15.9 Å². The van der Waals surface area contributed by atoms with Crippen molar-refractivity contribution < 1.29 is 17.9 Å². The third-order valence-electron chi connectivity index (χ3n) is 2.79. The Labute approximate surface area is 99.7 Å². The molecule has 17 heavy (non-hydrogen) atoms. The van der Waals surface area contributed by atoms with E-state index in [2.05, 4.69) is 10.1 Å². The molecule has 0 saturated heterocycles. The summed E-state index contributed by atoms with van der Waals surface area (Å²) in [6.45, 7) is 0.471. The number of methoxy groups -OCH3 is 1. The van der Waals surface area contributed by atoms with Gasteiger partial charge in [-0.25, -0.2) is 13.2 Å². The van der Waals surface area contributed by atoms with Crippen LogP contribution in [0.1, 0.15) is 17.2 Å². The number of ether oxygens (including phenoxy) is 1. The summed E-state index contributed by atoms with van der Waals surface area (Å²) < 4.78 is 27.5. The lowest BCUT2D eigenvalue weighted by Gasteiger charge is -2.09. The number of carbonyl (C=O) groups excluding carboxylic acids is 1. The largest absolute Gasteiger partial charge is 0.468 e. The highest BCUT2D eigenvalue weighted by Crippen LogP contribution is 2.28. The lowest BCUT2D eigenvalue weighted by molar-refractivity contribution is -0.143. The van der Waals surface area contributed by atoms with E-state index in [4.69, 9.17) is 0 Å². The van der Waals surface area contributed by atoms with E-state index >= 15 is 0 Å². The van der Waals surface area contributed by atoms with Gasteiger partial charge in [-0.05, 0) is 23.3 Å². The molecule has 0 spiro atoms. The number of hydrogen-bond acceptors (Lipinski definition) is 5. The van der Waals surface area contributed by atoms with E-state index in [1.165, 1.54) is 13.2 Å². The molecule has 0 fully saturated rings. The van der Waals surface area contributed by atoms with Crippen molar-refractivity contribution in [3.05, 3.63) is 29.3 Å².